The minimum absolute atomic E-state index is 0.0219. The number of carbonyl (C=O) groups excluding carboxylic acids is 1. The second-order valence-corrected chi connectivity index (χ2v) is 5.95. The molecule has 9 heteroatoms. The summed E-state index contributed by atoms with van der Waals surface area (Å²) in [4.78, 5) is 21.3. The summed E-state index contributed by atoms with van der Waals surface area (Å²) in [6, 6.07) is 8.25. The van der Waals surface area contributed by atoms with Gasteiger partial charge in [-0.2, -0.15) is 8.42 Å². The van der Waals surface area contributed by atoms with Crippen LogP contribution < -0.4 is 4.74 Å². The van der Waals surface area contributed by atoms with Gasteiger partial charge < -0.3 is 4.74 Å². The van der Waals surface area contributed by atoms with Crippen LogP contribution in [0.3, 0.4) is 0 Å². The molecule has 0 amide bonds. The normalized spacial score (nSPS) is 11.0. The van der Waals surface area contributed by atoms with Gasteiger partial charge in [-0.3, -0.25) is 10.1 Å². The first-order chi connectivity index (χ1) is 10.7. The number of hydrogen-bond acceptors (Lipinski definition) is 6. The third kappa shape index (κ3) is 3.90. The quantitative estimate of drug-likeness (QED) is 0.365. The van der Waals surface area contributed by atoms with E-state index >= 15 is 0 Å². The predicted molar refractivity (Wildman–Crippen MR) is 77.1 cm³/mol. The third-order valence-corrected chi connectivity index (χ3v) is 3.76. The van der Waals surface area contributed by atoms with Crippen molar-refractivity contribution in [3.63, 3.8) is 0 Å². The summed E-state index contributed by atoms with van der Waals surface area (Å²) in [5.74, 6) is -1.32. The Morgan fingerprint density at radius 3 is 2.26 bits per heavy atom. The molecule has 2 aromatic rings. The van der Waals surface area contributed by atoms with Crippen LogP contribution in [0, 0.1) is 17.0 Å². The summed E-state index contributed by atoms with van der Waals surface area (Å²) in [5, 5.41) is 10.6. The molecule has 0 aromatic heterocycles. The van der Waals surface area contributed by atoms with Crippen molar-refractivity contribution in [2.24, 2.45) is 0 Å². The molecule has 2 rings (SSSR count). The van der Waals surface area contributed by atoms with Gasteiger partial charge in [-0.05, 0) is 36.8 Å². The van der Waals surface area contributed by atoms with Crippen LogP contribution in [0.1, 0.15) is 15.9 Å². The fourth-order valence-corrected chi connectivity index (χ4v) is 2.36. The largest absolute Gasteiger partial charge is 0.421 e. The number of benzene rings is 2. The standard InChI is InChI=1S/C14H10NO7S/c1-9-2-7-13(23(19,20)21)12(8-9)22-14(16)10-3-5-11(6-4-10)15(17)18/h2-8H,1H3. The van der Waals surface area contributed by atoms with Crippen LogP contribution in [-0.2, 0) is 14.7 Å². The number of esters is 1. The van der Waals surface area contributed by atoms with Gasteiger partial charge in [0.2, 0.25) is 0 Å². The van der Waals surface area contributed by atoms with Crippen molar-refractivity contribution in [2.75, 3.05) is 0 Å². The molecular formula is C14H10NO7S. The average Bonchev–Trinajstić information content (AvgIpc) is 2.46. The number of aryl methyl sites for hydroxylation is 1. The van der Waals surface area contributed by atoms with Crippen molar-refractivity contribution >= 4 is 21.8 Å². The molecule has 0 aliphatic heterocycles. The zero-order valence-electron chi connectivity index (χ0n) is 11.8. The zero-order valence-corrected chi connectivity index (χ0v) is 12.6. The van der Waals surface area contributed by atoms with Crippen LogP contribution in [0.25, 0.3) is 0 Å². The van der Waals surface area contributed by atoms with E-state index < -0.39 is 25.9 Å². The summed E-state index contributed by atoms with van der Waals surface area (Å²) in [6.45, 7) is 1.63. The Kier molecular flexibility index (Phi) is 4.43. The highest BCUT2D eigenvalue weighted by molar-refractivity contribution is 7.85. The van der Waals surface area contributed by atoms with E-state index in [0.29, 0.717) is 5.56 Å². The monoisotopic (exact) mass is 336 g/mol. The first-order valence-electron chi connectivity index (χ1n) is 6.21. The summed E-state index contributed by atoms with van der Waals surface area (Å²) in [5.41, 5.74) is 0.357. The Labute approximate surface area is 131 Å². The number of ether oxygens (including phenoxy) is 1. The van der Waals surface area contributed by atoms with Gasteiger partial charge in [0, 0.05) is 12.1 Å². The molecule has 0 fully saturated rings. The third-order valence-electron chi connectivity index (χ3n) is 2.89. The maximum Gasteiger partial charge on any atom is 0.343 e. The van der Waals surface area contributed by atoms with Gasteiger partial charge >= 0.3 is 16.1 Å². The Balaban J connectivity index is 2.33. The molecule has 1 radical (unpaired) electrons. The molecule has 0 aliphatic rings. The highest BCUT2D eigenvalue weighted by atomic mass is 32.2. The molecule has 0 heterocycles. The minimum Gasteiger partial charge on any atom is -0.421 e. The van der Waals surface area contributed by atoms with Crippen molar-refractivity contribution in [1.82, 2.24) is 0 Å². The second-order valence-electron chi connectivity index (χ2n) is 4.60. The summed E-state index contributed by atoms with van der Waals surface area (Å²) in [7, 11) is -4.81. The second kappa shape index (κ2) is 6.15. The first-order valence-corrected chi connectivity index (χ1v) is 7.62. The molecule has 23 heavy (non-hydrogen) atoms. The minimum atomic E-state index is -4.81. The van der Waals surface area contributed by atoms with Crippen LogP contribution in [0.5, 0.6) is 5.75 Å². The average molecular weight is 336 g/mol. The lowest BCUT2D eigenvalue weighted by Gasteiger charge is -2.08. The lowest BCUT2D eigenvalue weighted by molar-refractivity contribution is -0.384. The van der Waals surface area contributed by atoms with E-state index in [1.165, 1.54) is 24.3 Å². The van der Waals surface area contributed by atoms with E-state index in [1.807, 2.05) is 0 Å². The van der Waals surface area contributed by atoms with Gasteiger partial charge in [0.1, 0.15) is 4.90 Å². The van der Waals surface area contributed by atoms with Crippen LogP contribution in [0.15, 0.2) is 47.4 Å². The number of rotatable bonds is 4. The SMILES string of the molecule is Cc1ccc(S([O])(=O)=O)c(OC(=O)c2ccc([N+](=O)[O-])cc2)c1. The molecule has 8 nitrogen and oxygen atoms in total. The molecule has 0 N–H and O–H groups in total. The van der Waals surface area contributed by atoms with Crippen molar-refractivity contribution in [3.8, 4) is 5.75 Å². The summed E-state index contributed by atoms with van der Waals surface area (Å²) >= 11 is 0. The Morgan fingerprint density at radius 1 is 1.13 bits per heavy atom. The van der Waals surface area contributed by atoms with Gasteiger partial charge in [-0.25, -0.2) is 4.79 Å². The predicted octanol–water partition coefficient (Wildman–Crippen LogP) is 2.24. The molecule has 0 saturated carbocycles. The maximum absolute atomic E-state index is 12.0. The van der Waals surface area contributed by atoms with Crippen LogP contribution in [0.4, 0.5) is 5.69 Å². The maximum atomic E-state index is 12.0. The van der Waals surface area contributed by atoms with Crippen molar-refractivity contribution < 1.29 is 27.4 Å². The highest BCUT2D eigenvalue weighted by Crippen LogP contribution is 2.26. The number of nitro groups is 1. The van der Waals surface area contributed by atoms with E-state index in [0.717, 1.165) is 18.2 Å². The van der Waals surface area contributed by atoms with E-state index in [4.69, 9.17) is 4.74 Å². The van der Waals surface area contributed by atoms with Gasteiger partial charge in [-0.1, -0.05) is 10.6 Å². The number of nitrogens with zero attached hydrogens (tertiary/aromatic N) is 1. The first kappa shape index (κ1) is 16.6. The van der Waals surface area contributed by atoms with E-state index in [2.05, 4.69) is 0 Å². The number of nitro benzene ring substituents is 1. The summed E-state index contributed by atoms with van der Waals surface area (Å²) in [6.07, 6.45) is 0. The lowest BCUT2D eigenvalue weighted by atomic mass is 10.2. The van der Waals surface area contributed by atoms with Gasteiger partial charge in [0.15, 0.2) is 5.75 Å². The molecule has 0 bridgehead atoms. The van der Waals surface area contributed by atoms with Crippen molar-refractivity contribution in [2.45, 2.75) is 11.8 Å². The molecule has 0 unspecified atom stereocenters. The Bertz CT molecular complexity index is 872. The van der Waals surface area contributed by atoms with Gasteiger partial charge in [0.05, 0.1) is 10.5 Å². The van der Waals surface area contributed by atoms with Crippen molar-refractivity contribution in [1.29, 1.82) is 0 Å². The molecule has 2 aromatic carbocycles. The topological polar surface area (TPSA) is 123 Å². The van der Waals surface area contributed by atoms with Crippen LogP contribution in [0.2, 0.25) is 0 Å². The van der Waals surface area contributed by atoms with Gasteiger partial charge in [0.25, 0.3) is 5.69 Å². The highest BCUT2D eigenvalue weighted by Gasteiger charge is 2.21. The van der Waals surface area contributed by atoms with Crippen LogP contribution >= 0.6 is 0 Å². The number of hydrogen-bond donors (Lipinski definition) is 0. The zero-order chi connectivity index (χ0) is 17.2. The smallest absolute Gasteiger partial charge is 0.343 e. The molecule has 0 saturated heterocycles. The molecular weight excluding hydrogens is 326 g/mol. The van der Waals surface area contributed by atoms with E-state index in [-0.39, 0.29) is 17.0 Å². The van der Waals surface area contributed by atoms with E-state index in [1.54, 1.807) is 6.92 Å². The van der Waals surface area contributed by atoms with E-state index in [9.17, 15) is 27.9 Å². The van der Waals surface area contributed by atoms with Gasteiger partial charge in [-0.15, -0.1) is 0 Å². The molecule has 0 spiro atoms. The summed E-state index contributed by atoms with van der Waals surface area (Å²) < 4.78 is 38.5. The molecule has 0 aliphatic carbocycles. The number of non-ortho nitro benzene ring substituents is 1. The number of carbonyl (C=O) groups is 1. The van der Waals surface area contributed by atoms with Crippen molar-refractivity contribution in [3.05, 3.63) is 63.7 Å². The van der Waals surface area contributed by atoms with Crippen LogP contribution in [-0.4, -0.2) is 19.3 Å². The Hall–Kier alpha value is -2.78. The molecule has 0 atom stereocenters. The molecule has 119 valence electrons. The fraction of sp³-hybridized carbons (Fsp3) is 0.0714. The fourth-order valence-electron chi connectivity index (χ4n) is 1.78. The lowest BCUT2D eigenvalue weighted by Crippen LogP contribution is -2.11. The Morgan fingerprint density at radius 2 is 1.74 bits per heavy atom.